The second kappa shape index (κ2) is 9.96. The first-order chi connectivity index (χ1) is 17.3. The molecule has 8 nitrogen and oxygen atoms in total. The third-order valence-corrected chi connectivity index (χ3v) is 8.64. The van der Waals surface area contributed by atoms with E-state index in [9.17, 15) is 13.2 Å². The Morgan fingerprint density at radius 2 is 1.78 bits per heavy atom. The molecule has 1 aliphatic rings. The van der Waals surface area contributed by atoms with Crippen molar-refractivity contribution in [2.45, 2.75) is 4.90 Å². The van der Waals surface area contributed by atoms with E-state index in [0.717, 1.165) is 29.2 Å². The number of piperazine rings is 1. The van der Waals surface area contributed by atoms with Crippen LogP contribution in [0.1, 0.15) is 10.4 Å². The Kier molecular flexibility index (Phi) is 6.74. The number of rotatable bonds is 6. The lowest BCUT2D eigenvalue weighted by Gasteiger charge is -2.36. The topological polar surface area (TPSA) is 91.8 Å². The molecule has 0 unspecified atom stereocenters. The Morgan fingerprint density at radius 3 is 2.50 bits per heavy atom. The number of carbonyl (C=O) groups excluding carboxylic acids is 1. The first-order valence-corrected chi connectivity index (χ1v) is 13.9. The van der Waals surface area contributed by atoms with Gasteiger partial charge in [0, 0.05) is 48.5 Å². The molecule has 1 fully saturated rings. The molecule has 2 heterocycles. The lowest BCUT2D eigenvalue weighted by atomic mass is 10.1. The molecule has 0 aliphatic carbocycles. The smallest absolute Gasteiger partial charge is 0.263 e. The van der Waals surface area contributed by atoms with Gasteiger partial charge in [-0.2, -0.15) is 0 Å². The van der Waals surface area contributed by atoms with Crippen LogP contribution >= 0.6 is 22.9 Å². The quantitative estimate of drug-likeness (QED) is 0.379. The molecule has 0 saturated carbocycles. The molecule has 0 bridgehead atoms. The van der Waals surface area contributed by atoms with Gasteiger partial charge in [0.05, 0.1) is 22.2 Å². The molecule has 3 aromatic carbocycles. The minimum absolute atomic E-state index is 0.0566. The average Bonchev–Trinajstić information content (AvgIpc) is 3.29. The molecule has 186 valence electrons. The number of hydrogen-bond acceptors (Lipinski definition) is 7. The highest BCUT2D eigenvalue weighted by molar-refractivity contribution is 7.93. The Morgan fingerprint density at radius 1 is 1.03 bits per heavy atom. The monoisotopic (exact) mass is 542 g/mol. The van der Waals surface area contributed by atoms with Gasteiger partial charge in [-0.25, -0.2) is 13.4 Å². The van der Waals surface area contributed by atoms with Crippen molar-refractivity contribution in [1.82, 2.24) is 9.88 Å². The summed E-state index contributed by atoms with van der Waals surface area (Å²) in [6, 6.07) is 19.0. The highest BCUT2D eigenvalue weighted by atomic mass is 35.5. The normalized spacial score (nSPS) is 14.2. The summed E-state index contributed by atoms with van der Waals surface area (Å²) in [7, 11) is -2.16. The van der Waals surface area contributed by atoms with Crippen LogP contribution in [0.25, 0.3) is 10.2 Å². The number of ether oxygens (including phenoxy) is 1. The van der Waals surface area contributed by atoms with Crippen LogP contribution in [0.3, 0.4) is 0 Å². The van der Waals surface area contributed by atoms with Crippen LogP contribution in [-0.2, 0) is 10.0 Å². The van der Waals surface area contributed by atoms with Gasteiger partial charge >= 0.3 is 0 Å². The number of halogens is 1. The van der Waals surface area contributed by atoms with Crippen LogP contribution in [0, 0.1) is 0 Å². The molecule has 4 aromatic rings. The summed E-state index contributed by atoms with van der Waals surface area (Å²) in [5, 5.41) is 0.685. The minimum atomic E-state index is -3.80. The Labute approximate surface area is 218 Å². The SMILES string of the molecule is COc1cccc(N2CCN(C(=O)c3ccc4nc(NS(=O)(=O)c5ccc(Cl)cc5)sc4c3)CC2)c1. The molecule has 0 atom stereocenters. The molecular weight excluding hydrogens is 520 g/mol. The number of methoxy groups -OCH3 is 1. The number of carbonyl (C=O) groups is 1. The van der Waals surface area contributed by atoms with E-state index in [0.29, 0.717) is 29.2 Å². The number of fused-ring (bicyclic) bond motifs is 1. The van der Waals surface area contributed by atoms with Gasteiger partial charge in [0.1, 0.15) is 5.75 Å². The zero-order valence-corrected chi connectivity index (χ0v) is 21.7. The molecular formula is C25H23ClN4O4S2. The van der Waals surface area contributed by atoms with Gasteiger partial charge in [-0.3, -0.25) is 9.52 Å². The predicted molar refractivity (Wildman–Crippen MR) is 143 cm³/mol. The third-order valence-electron chi connectivity index (χ3n) is 5.97. The van der Waals surface area contributed by atoms with E-state index < -0.39 is 10.0 Å². The summed E-state index contributed by atoms with van der Waals surface area (Å²) in [5.41, 5.74) is 2.24. The van der Waals surface area contributed by atoms with Gasteiger partial charge < -0.3 is 14.5 Å². The molecule has 0 spiro atoms. The Hall–Kier alpha value is -3.34. The van der Waals surface area contributed by atoms with Crippen molar-refractivity contribution in [3.8, 4) is 5.75 Å². The third kappa shape index (κ3) is 5.11. The summed E-state index contributed by atoms with van der Waals surface area (Å²) < 4.78 is 33.9. The number of thiazole rings is 1. The van der Waals surface area contributed by atoms with Crippen LogP contribution in [0.4, 0.5) is 10.8 Å². The molecule has 1 aliphatic heterocycles. The van der Waals surface area contributed by atoms with Crippen LogP contribution in [0.15, 0.2) is 71.6 Å². The van der Waals surface area contributed by atoms with Gasteiger partial charge in [-0.05, 0) is 54.6 Å². The van der Waals surface area contributed by atoms with Gasteiger partial charge in [0.2, 0.25) is 0 Å². The first kappa shape index (κ1) is 24.4. The molecule has 36 heavy (non-hydrogen) atoms. The second-order valence-corrected chi connectivity index (χ2v) is 11.4. The highest BCUT2D eigenvalue weighted by Crippen LogP contribution is 2.29. The van der Waals surface area contributed by atoms with Crippen LogP contribution in [0.2, 0.25) is 5.02 Å². The maximum Gasteiger partial charge on any atom is 0.263 e. The second-order valence-electron chi connectivity index (χ2n) is 8.24. The molecule has 1 amide bonds. The number of aromatic nitrogens is 1. The van der Waals surface area contributed by atoms with Gasteiger partial charge in [0.25, 0.3) is 15.9 Å². The lowest BCUT2D eigenvalue weighted by Crippen LogP contribution is -2.48. The van der Waals surface area contributed by atoms with Crippen molar-refractivity contribution in [2.75, 3.05) is 42.9 Å². The van der Waals surface area contributed by atoms with Crippen molar-refractivity contribution in [2.24, 2.45) is 0 Å². The van der Waals surface area contributed by atoms with E-state index in [-0.39, 0.29) is 15.9 Å². The Bertz CT molecular complexity index is 1510. The molecule has 0 radical (unpaired) electrons. The standard InChI is InChI=1S/C25H23ClN4O4S2/c1-34-20-4-2-3-19(16-20)29-11-13-30(14-12-29)24(31)17-5-10-22-23(15-17)35-25(27-22)28-36(32,33)21-8-6-18(26)7-9-21/h2-10,15-16H,11-14H2,1H3,(H,27,28). The van der Waals surface area contributed by atoms with E-state index in [4.69, 9.17) is 16.3 Å². The fourth-order valence-corrected chi connectivity index (χ4v) is 6.31. The lowest BCUT2D eigenvalue weighted by molar-refractivity contribution is 0.0747. The predicted octanol–water partition coefficient (Wildman–Crippen LogP) is 4.72. The van der Waals surface area contributed by atoms with Crippen molar-refractivity contribution >= 4 is 59.9 Å². The maximum atomic E-state index is 13.2. The van der Waals surface area contributed by atoms with Crippen LogP contribution < -0.4 is 14.4 Å². The van der Waals surface area contributed by atoms with Crippen molar-refractivity contribution in [1.29, 1.82) is 0 Å². The average molecular weight is 543 g/mol. The summed E-state index contributed by atoms with van der Waals surface area (Å²) in [6.07, 6.45) is 0. The molecule has 1 saturated heterocycles. The van der Waals surface area contributed by atoms with Gasteiger partial charge in [-0.1, -0.05) is 29.0 Å². The number of benzene rings is 3. The summed E-state index contributed by atoms with van der Waals surface area (Å²) in [5.74, 6) is 0.748. The number of nitrogens with zero attached hydrogens (tertiary/aromatic N) is 3. The first-order valence-electron chi connectivity index (χ1n) is 11.2. The molecule has 1 aromatic heterocycles. The zero-order chi connectivity index (χ0) is 25.3. The van der Waals surface area contributed by atoms with Gasteiger partial charge in [-0.15, -0.1) is 0 Å². The molecule has 1 N–H and O–H groups in total. The van der Waals surface area contributed by atoms with E-state index in [2.05, 4.69) is 14.6 Å². The van der Waals surface area contributed by atoms with Crippen LogP contribution in [-0.4, -0.2) is 57.5 Å². The highest BCUT2D eigenvalue weighted by Gasteiger charge is 2.23. The fourth-order valence-electron chi connectivity index (χ4n) is 4.05. The number of amides is 1. The van der Waals surface area contributed by atoms with E-state index in [1.807, 2.05) is 29.2 Å². The minimum Gasteiger partial charge on any atom is -0.497 e. The number of nitrogens with one attached hydrogen (secondary N) is 1. The van der Waals surface area contributed by atoms with E-state index in [1.165, 1.54) is 35.6 Å². The summed E-state index contributed by atoms with van der Waals surface area (Å²) in [4.78, 5) is 21.7. The van der Waals surface area contributed by atoms with E-state index >= 15 is 0 Å². The van der Waals surface area contributed by atoms with E-state index in [1.54, 1.807) is 25.3 Å². The van der Waals surface area contributed by atoms with Crippen LogP contribution in [0.5, 0.6) is 5.75 Å². The zero-order valence-electron chi connectivity index (χ0n) is 19.3. The maximum absolute atomic E-state index is 13.2. The van der Waals surface area contributed by atoms with Crippen molar-refractivity contribution in [3.63, 3.8) is 0 Å². The summed E-state index contributed by atoms with van der Waals surface area (Å²) >= 11 is 7.04. The number of anilines is 2. The largest absolute Gasteiger partial charge is 0.497 e. The number of hydrogen-bond donors (Lipinski definition) is 1. The Balaban J connectivity index is 1.27. The van der Waals surface area contributed by atoms with Crippen molar-refractivity contribution < 1.29 is 17.9 Å². The van der Waals surface area contributed by atoms with Crippen molar-refractivity contribution in [3.05, 3.63) is 77.3 Å². The molecule has 5 rings (SSSR count). The molecule has 11 heteroatoms. The summed E-state index contributed by atoms with van der Waals surface area (Å²) in [6.45, 7) is 2.64. The fraction of sp³-hybridized carbons (Fsp3) is 0.200. The number of sulfonamides is 1. The van der Waals surface area contributed by atoms with Gasteiger partial charge in [0.15, 0.2) is 5.13 Å².